The zero-order valence-electron chi connectivity index (χ0n) is 10.4. The van der Waals surface area contributed by atoms with E-state index in [1.54, 1.807) is 6.20 Å². The van der Waals surface area contributed by atoms with Gasteiger partial charge in [0.1, 0.15) is 11.3 Å². The third-order valence-electron chi connectivity index (χ3n) is 2.76. The molecule has 0 atom stereocenters. The number of pyridine rings is 1. The second-order valence-electron chi connectivity index (χ2n) is 3.96. The Labute approximate surface area is 102 Å². The van der Waals surface area contributed by atoms with Gasteiger partial charge in [-0.25, -0.2) is 0 Å². The molecule has 0 saturated heterocycles. The summed E-state index contributed by atoms with van der Waals surface area (Å²) in [6.07, 6.45) is 4.01. The predicted octanol–water partition coefficient (Wildman–Crippen LogP) is 3.46. The van der Waals surface area contributed by atoms with Crippen molar-refractivity contribution in [3.05, 3.63) is 30.5 Å². The number of aromatic nitrogens is 1. The van der Waals surface area contributed by atoms with Crippen LogP contribution in [-0.4, -0.2) is 18.6 Å². The van der Waals surface area contributed by atoms with Crippen LogP contribution in [0.3, 0.4) is 0 Å². The van der Waals surface area contributed by atoms with E-state index in [9.17, 15) is 0 Å². The monoisotopic (exact) mass is 230 g/mol. The Hall–Kier alpha value is -1.77. The Balaban J connectivity index is 2.37. The summed E-state index contributed by atoms with van der Waals surface area (Å²) < 4.78 is 5.77. The van der Waals surface area contributed by atoms with Crippen LogP contribution in [0.5, 0.6) is 5.75 Å². The zero-order valence-corrected chi connectivity index (χ0v) is 10.4. The van der Waals surface area contributed by atoms with E-state index in [4.69, 9.17) is 4.74 Å². The van der Waals surface area contributed by atoms with Crippen molar-refractivity contribution in [2.75, 3.05) is 19.0 Å². The smallest absolute Gasteiger partial charge is 0.145 e. The summed E-state index contributed by atoms with van der Waals surface area (Å²) >= 11 is 0. The highest BCUT2D eigenvalue weighted by atomic mass is 16.5. The number of nitrogens with one attached hydrogen (secondary N) is 1. The molecule has 0 radical (unpaired) electrons. The van der Waals surface area contributed by atoms with Crippen LogP contribution in [0, 0.1) is 0 Å². The average molecular weight is 230 g/mol. The van der Waals surface area contributed by atoms with Gasteiger partial charge in [-0.3, -0.25) is 4.98 Å². The highest BCUT2D eigenvalue weighted by Gasteiger charge is 2.06. The van der Waals surface area contributed by atoms with Gasteiger partial charge in [-0.15, -0.1) is 0 Å². The second-order valence-corrected chi connectivity index (χ2v) is 3.96. The molecule has 0 aliphatic rings. The quantitative estimate of drug-likeness (QED) is 0.799. The standard InChI is InChI=1S/C14H18N2O/c1-3-4-10-17-13-8-7-12(15-2)11-6-5-9-16-14(11)13/h5-9,15H,3-4,10H2,1-2H3. The molecule has 1 N–H and O–H groups in total. The zero-order chi connectivity index (χ0) is 12.1. The van der Waals surface area contributed by atoms with E-state index in [-0.39, 0.29) is 0 Å². The van der Waals surface area contributed by atoms with E-state index in [2.05, 4.69) is 23.3 Å². The topological polar surface area (TPSA) is 34.1 Å². The van der Waals surface area contributed by atoms with Gasteiger partial charge in [0.15, 0.2) is 0 Å². The summed E-state index contributed by atoms with van der Waals surface area (Å²) in [4.78, 5) is 4.40. The first-order chi connectivity index (χ1) is 8.36. The largest absolute Gasteiger partial charge is 0.491 e. The molecule has 0 fully saturated rings. The lowest BCUT2D eigenvalue weighted by molar-refractivity contribution is 0.312. The SMILES string of the molecule is CCCCOc1ccc(NC)c2cccnc12. The van der Waals surface area contributed by atoms with Crippen LogP contribution in [0.2, 0.25) is 0 Å². The van der Waals surface area contributed by atoms with Crippen molar-refractivity contribution in [3.63, 3.8) is 0 Å². The van der Waals surface area contributed by atoms with Gasteiger partial charge >= 0.3 is 0 Å². The van der Waals surface area contributed by atoms with Gasteiger partial charge in [0.2, 0.25) is 0 Å². The van der Waals surface area contributed by atoms with Crippen molar-refractivity contribution >= 4 is 16.6 Å². The molecule has 0 aliphatic heterocycles. The van der Waals surface area contributed by atoms with E-state index >= 15 is 0 Å². The van der Waals surface area contributed by atoms with Gasteiger partial charge in [0.25, 0.3) is 0 Å². The van der Waals surface area contributed by atoms with Gasteiger partial charge in [-0.05, 0) is 30.7 Å². The van der Waals surface area contributed by atoms with E-state index in [0.717, 1.165) is 41.8 Å². The highest BCUT2D eigenvalue weighted by Crippen LogP contribution is 2.29. The molecule has 2 rings (SSSR count). The lowest BCUT2D eigenvalue weighted by Crippen LogP contribution is -1.99. The fourth-order valence-electron chi connectivity index (χ4n) is 1.81. The molecule has 2 aromatic rings. The lowest BCUT2D eigenvalue weighted by Gasteiger charge is -2.11. The minimum Gasteiger partial charge on any atom is -0.491 e. The molecular formula is C14H18N2O. The molecule has 90 valence electrons. The van der Waals surface area contributed by atoms with Crippen molar-refractivity contribution in [2.24, 2.45) is 0 Å². The van der Waals surface area contributed by atoms with E-state index < -0.39 is 0 Å². The van der Waals surface area contributed by atoms with Crippen molar-refractivity contribution in [1.29, 1.82) is 0 Å². The number of rotatable bonds is 5. The molecule has 3 heteroatoms. The van der Waals surface area contributed by atoms with Gasteiger partial charge in [0.05, 0.1) is 6.61 Å². The maximum atomic E-state index is 5.77. The fraction of sp³-hybridized carbons (Fsp3) is 0.357. The predicted molar refractivity (Wildman–Crippen MR) is 71.7 cm³/mol. The number of unbranched alkanes of at least 4 members (excludes halogenated alkanes) is 1. The third kappa shape index (κ3) is 2.49. The molecule has 0 aliphatic carbocycles. The molecule has 0 saturated carbocycles. The number of anilines is 1. The number of nitrogens with zero attached hydrogens (tertiary/aromatic N) is 1. The van der Waals surface area contributed by atoms with Crippen molar-refractivity contribution in [1.82, 2.24) is 4.98 Å². The first-order valence-electron chi connectivity index (χ1n) is 6.05. The molecule has 1 aromatic heterocycles. The first-order valence-corrected chi connectivity index (χ1v) is 6.05. The molecule has 0 amide bonds. The maximum Gasteiger partial charge on any atom is 0.145 e. The van der Waals surface area contributed by atoms with Gasteiger partial charge < -0.3 is 10.1 Å². The fourth-order valence-corrected chi connectivity index (χ4v) is 1.81. The number of hydrogen-bond donors (Lipinski definition) is 1. The summed E-state index contributed by atoms with van der Waals surface area (Å²) in [5, 5.41) is 4.27. The minimum absolute atomic E-state index is 0.751. The normalized spacial score (nSPS) is 10.5. The van der Waals surface area contributed by atoms with Gasteiger partial charge in [0, 0.05) is 24.3 Å². The van der Waals surface area contributed by atoms with Crippen LogP contribution >= 0.6 is 0 Å². The van der Waals surface area contributed by atoms with Crippen LogP contribution in [-0.2, 0) is 0 Å². The first kappa shape index (κ1) is 11.7. The van der Waals surface area contributed by atoms with Crippen molar-refractivity contribution in [3.8, 4) is 5.75 Å². The van der Waals surface area contributed by atoms with Crippen LogP contribution in [0.25, 0.3) is 10.9 Å². The Kier molecular flexibility index (Phi) is 3.81. The van der Waals surface area contributed by atoms with E-state index in [0.29, 0.717) is 0 Å². The third-order valence-corrected chi connectivity index (χ3v) is 2.76. The number of ether oxygens (including phenoxy) is 1. The summed E-state index contributed by atoms with van der Waals surface area (Å²) in [7, 11) is 1.92. The van der Waals surface area contributed by atoms with E-state index in [1.165, 1.54) is 0 Å². The van der Waals surface area contributed by atoms with Crippen LogP contribution < -0.4 is 10.1 Å². The van der Waals surface area contributed by atoms with Crippen LogP contribution in [0.4, 0.5) is 5.69 Å². The van der Waals surface area contributed by atoms with Gasteiger partial charge in [-0.1, -0.05) is 13.3 Å². The lowest BCUT2D eigenvalue weighted by atomic mass is 10.1. The van der Waals surface area contributed by atoms with Gasteiger partial charge in [-0.2, -0.15) is 0 Å². The Morgan fingerprint density at radius 3 is 2.94 bits per heavy atom. The van der Waals surface area contributed by atoms with Crippen LogP contribution in [0.1, 0.15) is 19.8 Å². The summed E-state index contributed by atoms with van der Waals surface area (Å²) in [6.45, 7) is 2.91. The van der Waals surface area contributed by atoms with E-state index in [1.807, 2.05) is 25.2 Å². The van der Waals surface area contributed by atoms with Crippen molar-refractivity contribution in [2.45, 2.75) is 19.8 Å². The molecule has 1 aromatic carbocycles. The molecule has 0 spiro atoms. The highest BCUT2D eigenvalue weighted by molar-refractivity contribution is 5.95. The molecule has 3 nitrogen and oxygen atoms in total. The Morgan fingerprint density at radius 1 is 1.29 bits per heavy atom. The molecule has 0 unspecified atom stereocenters. The second kappa shape index (κ2) is 5.53. The molecule has 17 heavy (non-hydrogen) atoms. The number of fused-ring (bicyclic) bond motifs is 1. The molecular weight excluding hydrogens is 212 g/mol. The number of benzene rings is 1. The summed E-state index contributed by atoms with van der Waals surface area (Å²) in [5.41, 5.74) is 2.01. The van der Waals surface area contributed by atoms with Crippen LogP contribution in [0.15, 0.2) is 30.5 Å². The number of hydrogen-bond acceptors (Lipinski definition) is 3. The Morgan fingerprint density at radius 2 is 2.18 bits per heavy atom. The Bertz CT molecular complexity index is 497. The maximum absolute atomic E-state index is 5.77. The molecule has 1 heterocycles. The average Bonchev–Trinajstić information content (AvgIpc) is 2.39. The molecule has 0 bridgehead atoms. The summed E-state index contributed by atoms with van der Waals surface area (Å²) in [5.74, 6) is 0.869. The minimum atomic E-state index is 0.751. The van der Waals surface area contributed by atoms with Crippen molar-refractivity contribution < 1.29 is 4.74 Å². The summed E-state index contributed by atoms with van der Waals surface area (Å²) in [6, 6.07) is 8.02.